The molecule has 0 aliphatic heterocycles. The minimum atomic E-state index is -0.304. The predicted octanol–water partition coefficient (Wildman–Crippen LogP) is 5.61. The Morgan fingerprint density at radius 3 is 1.94 bits per heavy atom. The maximum absolute atomic E-state index is 2.30. The van der Waals surface area contributed by atoms with Crippen LogP contribution in [0.3, 0.4) is 0 Å². The molecule has 86 valence electrons. The van der Waals surface area contributed by atoms with Gasteiger partial charge in [-0.3, -0.25) is 0 Å². The number of hydrogen-bond donors (Lipinski definition) is 0. The molecule has 0 nitrogen and oxygen atoms in total. The van der Waals surface area contributed by atoms with E-state index in [9.17, 15) is 0 Å². The van der Waals surface area contributed by atoms with E-state index in [2.05, 4.69) is 84.4 Å². The zero-order chi connectivity index (χ0) is 12.2. The largest absolute Gasteiger partial charge is 0.162 e. The zero-order valence-corrected chi connectivity index (χ0v) is 10.9. The molecule has 0 atom stereocenters. The van der Waals surface area contributed by atoms with Crippen LogP contribution in [0.2, 0.25) is 0 Å². The summed E-state index contributed by atoms with van der Waals surface area (Å²) in [6.07, 6.45) is 0. The van der Waals surface area contributed by atoms with Gasteiger partial charge in [-0.05, 0) is 29.8 Å². The summed E-state index contributed by atoms with van der Waals surface area (Å²) in [5.74, 6) is 4.61. The van der Waals surface area contributed by atoms with Crippen LogP contribution < -0.4 is 0 Å². The molecule has 1 heteroatoms. The Kier molecular flexibility index (Phi) is 3.21. The summed E-state index contributed by atoms with van der Waals surface area (Å²) >= 11 is 0. The van der Waals surface area contributed by atoms with Crippen molar-refractivity contribution in [2.75, 3.05) is 0 Å². The first-order chi connectivity index (χ1) is 8.95. The van der Waals surface area contributed by atoms with Crippen molar-refractivity contribution in [3.8, 4) is 16.4 Å². The molecule has 0 bridgehead atoms. The fourth-order valence-electron chi connectivity index (χ4n) is 2.12. The van der Waals surface area contributed by atoms with E-state index >= 15 is 0 Å². The molecule has 0 fully saturated rings. The van der Waals surface area contributed by atoms with Crippen LogP contribution in [0.1, 0.15) is 0 Å². The SMILES string of the molecule is c1ccc(-c2ccccc2-[p+]2ccccc2)cc1. The van der Waals surface area contributed by atoms with E-state index in [4.69, 9.17) is 0 Å². The summed E-state index contributed by atoms with van der Waals surface area (Å²) in [6, 6.07) is 25.7. The van der Waals surface area contributed by atoms with Crippen LogP contribution in [0.25, 0.3) is 16.4 Å². The Hall–Kier alpha value is -1.91. The second kappa shape index (κ2) is 5.16. The first kappa shape index (κ1) is 11.2. The molecule has 1 aromatic heterocycles. The van der Waals surface area contributed by atoms with Crippen LogP contribution in [0.15, 0.2) is 84.4 Å². The van der Waals surface area contributed by atoms with E-state index in [0.29, 0.717) is 0 Å². The molecule has 18 heavy (non-hydrogen) atoms. The summed E-state index contributed by atoms with van der Waals surface area (Å²) in [5, 5.41) is 1.43. The molecule has 0 unspecified atom stereocenters. The maximum Gasteiger partial charge on any atom is 0.162 e. The van der Waals surface area contributed by atoms with Gasteiger partial charge in [0.2, 0.25) is 0 Å². The Morgan fingerprint density at radius 2 is 1.17 bits per heavy atom. The van der Waals surface area contributed by atoms with Gasteiger partial charge in [0.05, 0.1) is 0 Å². The quantitative estimate of drug-likeness (QED) is 0.553. The van der Waals surface area contributed by atoms with Crippen LogP contribution in [0.5, 0.6) is 0 Å². The van der Waals surface area contributed by atoms with Crippen LogP contribution >= 0.6 is 7.53 Å². The third kappa shape index (κ3) is 2.20. The van der Waals surface area contributed by atoms with Crippen molar-refractivity contribution in [1.82, 2.24) is 0 Å². The lowest BCUT2D eigenvalue weighted by molar-refractivity contribution is 1.64. The van der Waals surface area contributed by atoms with Gasteiger partial charge in [0.15, 0.2) is 12.8 Å². The molecule has 0 amide bonds. The molecular formula is C17H14P+. The smallest absolute Gasteiger partial charge is 0.0622 e. The van der Waals surface area contributed by atoms with Crippen LogP contribution in [-0.2, 0) is 0 Å². The third-order valence-electron chi connectivity index (χ3n) is 2.98. The lowest BCUT2D eigenvalue weighted by Crippen LogP contribution is -1.79. The van der Waals surface area contributed by atoms with Gasteiger partial charge >= 0.3 is 0 Å². The first-order valence-corrected chi connectivity index (χ1v) is 7.54. The highest BCUT2D eigenvalue weighted by molar-refractivity contribution is 7.56. The number of hydrogen-bond acceptors (Lipinski definition) is 0. The number of benzene rings is 2. The predicted molar refractivity (Wildman–Crippen MR) is 80.3 cm³/mol. The van der Waals surface area contributed by atoms with E-state index in [-0.39, 0.29) is 7.53 Å². The van der Waals surface area contributed by atoms with Crippen molar-refractivity contribution < 1.29 is 0 Å². The second-order valence-corrected chi connectivity index (χ2v) is 6.06. The van der Waals surface area contributed by atoms with E-state index in [1.165, 1.54) is 16.4 Å². The topological polar surface area (TPSA) is 0 Å². The van der Waals surface area contributed by atoms with Gasteiger partial charge in [-0.1, -0.05) is 48.5 Å². The molecule has 0 aliphatic carbocycles. The molecule has 0 aliphatic rings. The van der Waals surface area contributed by atoms with E-state index in [1.54, 1.807) is 0 Å². The lowest BCUT2D eigenvalue weighted by atomic mass is 10.1. The second-order valence-electron chi connectivity index (χ2n) is 4.17. The van der Waals surface area contributed by atoms with Crippen LogP contribution in [0.4, 0.5) is 0 Å². The van der Waals surface area contributed by atoms with E-state index in [0.717, 1.165) is 0 Å². The van der Waals surface area contributed by atoms with Gasteiger partial charge in [-0.15, -0.1) is 0 Å². The molecule has 1 heterocycles. The highest BCUT2D eigenvalue weighted by Gasteiger charge is 2.14. The summed E-state index contributed by atoms with van der Waals surface area (Å²) in [7, 11) is -0.304. The molecule has 0 saturated heterocycles. The Labute approximate surface area is 109 Å². The van der Waals surface area contributed by atoms with Crippen LogP contribution in [-0.4, -0.2) is 0 Å². The maximum atomic E-state index is 2.30. The zero-order valence-electron chi connectivity index (χ0n) is 10.0. The number of rotatable bonds is 2. The van der Waals surface area contributed by atoms with Gasteiger partial charge < -0.3 is 0 Å². The van der Waals surface area contributed by atoms with Crippen molar-refractivity contribution in [3.63, 3.8) is 0 Å². The van der Waals surface area contributed by atoms with Crippen molar-refractivity contribution in [3.05, 3.63) is 84.4 Å². The average molecular weight is 249 g/mol. The summed E-state index contributed by atoms with van der Waals surface area (Å²) in [4.78, 5) is 0. The molecule has 3 aromatic rings. The molecule has 0 saturated carbocycles. The van der Waals surface area contributed by atoms with E-state index in [1.807, 2.05) is 0 Å². The first-order valence-electron chi connectivity index (χ1n) is 6.06. The summed E-state index contributed by atoms with van der Waals surface area (Å²) in [5.41, 5.74) is 2.65. The fraction of sp³-hybridized carbons (Fsp3) is 0. The molecule has 0 radical (unpaired) electrons. The minimum absolute atomic E-state index is 0.304. The molecule has 0 spiro atoms. The Morgan fingerprint density at radius 1 is 0.556 bits per heavy atom. The third-order valence-corrected chi connectivity index (χ3v) is 4.92. The van der Waals surface area contributed by atoms with Crippen molar-refractivity contribution in [1.29, 1.82) is 0 Å². The van der Waals surface area contributed by atoms with Crippen molar-refractivity contribution in [2.24, 2.45) is 0 Å². The molecular weight excluding hydrogens is 235 g/mol. The highest BCUT2D eigenvalue weighted by atomic mass is 31.1. The van der Waals surface area contributed by atoms with Gasteiger partial charge in [0.25, 0.3) is 0 Å². The Balaban J connectivity index is 2.18. The van der Waals surface area contributed by atoms with Gasteiger partial charge in [0.1, 0.15) is 11.6 Å². The lowest BCUT2D eigenvalue weighted by Gasteiger charge is -2.02. The van der Waals surface area contributed by atoms with Crippen molar-refractivity contribution >= 4 is 7.53 Å². The minimum Gasteiger partial charge on any atom is -0.0622 e. The van der Waals surface area contributed by atoms with Gasteiger partial charge in [0, 0.05) is 5.56 Å². The highest BCUT2D eigenvalue weighted by Crippen LogP contribution is 2.43. The van der Waals surface area contributed by atoms with E-state index < -0.39 is 0 Å². The van der Waals surface area contributed by atoms with Gasteiger partial charge in [-0.2, -0.15) is 0 Å². The summed E-state index contributed by atoms with van der Waals surface area (Å²) in [6.45, 7) is 0. The fourth-order valence-corrected chi connectivity index (χ4v) is 3.85. The van der Waals surface area contributed by atoms with Gasteiger partial charge in [-0.25, -0.2) is 0 Å². The Bertz CT molecular complexity index is 572. The normalized spacial score (nSPS) is 10.2. The van der Waals surface area contributed by atoms with Crippen LogP contribution in [0, 0.1) is 0 Å². The summed E-state index contributed by atoms with van der Waals surface area (Å²) < 4.78 is 0. The molecule has 0 N–H and O–H groups in total. The standard InChI is InChI=1S/C17H14P/c1-3-9-15(10-4-1)16-11-5-6-12-17(16)18-13-7-2-8-14-18/h1-14H/q+1. The average Bonchev–Trinajstić information content (AvgIpc) is 2.49. The molecule has 2 aromatic carbocycles. The monoisotopic (exact) mass is 249 g/mol. The van der Waals surface area contributed by atoms with Crippen molar-refractivity contribution in [2.45, 2.75) is 0 Å². The molecule has 3 rings (SSSR count).